The summed E-state index contributed by atoms with van der Waals surface area (Å²) >= 11 is 0. The molecular formula is C27H37NO12. The van der Waals surface area contributed by atoms with Gasteiger partial charge in [0, 0.05) is 19.8 Å². The van der Waals surface area contributed by atoms with Gasteiger partial charge in [0.25, 0.3) is 0 Å². The van der Waals surface area contributed by atoms with E-state index in [1.54, 1.807) is 12.1 Å². The number of nitrogens with zero attached hydrogens (tertiary/aromatic N) is 1. The fourth-order valence-corrected chi connectivity index (χ4v) is 3.07. The van der Waals surface area contributed by atoms with Crippen molar-refractivity contribution in [2.75, 3.05) is 98.3 Å². The van der Waals surface area contributed by atoms with Crippen LogP contribution in [0.25, 0.3) is 6.08 Å². The molecule has 40 heavy (non-hydrogen) atoms. The van der Waals surface area contributed by atoms with Gasteiger partial charge in [0.05, 0.1) is 52.9 Å². The number of benzene rings is 1. The summed E-state index contributed by atoms with van der Waals surface area (Å²) in [5.41, 5.74) is 1.30. The molecule has 0 spiro atoms. The first-order valence-corrected chi connectivity index (χ1v) is 12.8. The first-order chi connectivity index (χ1) is 19.4. The molecule has 0 bridgehead atoms. The molecule has 1 heterocycles. The van der Waals surface area contributed by atoms with Gasteiger partial charge >= 0.3 is 23.9 Å². The Morgan fingerprint density at radius 2 is 0.925 bits per heavy atom. The first-order valence-electron chi connectivity index (χ1n) is 12.8. The fraction of sp³-hybridized carbons (Fsp3) is 0.556. The van der Waals surface area contributed by atoms with Crippen LogP contribution in [0.15, 0.2) is 29.8 Å². The van der Waals surface area contributed by atoms with E-state index in [2.05, 4.69) is 0 Å². The van der Waals surface area contributed by atoms with E-state index in [9.17, 15) is 19.2 Å². The van der Waals surface area contributed by atoms with E-state index in [-0.39, 0.29) is 84.9 Å². The van der Waals surface area contributed by atoms with Gasteiger partial charge in [0.1, 0.15) is 38.4 Å². The molecular weight excluding hydrogens is 530 g/mol. The Labute approximate surface area is 233 Å². The normalized spacial score (nSPS) is 19.0. The number of hydrogen-bond acceptors (Lipinski definition) is 13. The summed E-state index contributed by atoms with van der Waals surface area (Å²) in [6.07, 6.45) is 0.894. The summed E-state index contributed by atoms with van der Waals surface area (Å²) in [5.74, 6) is -3.14. The molecule has 1 aromatic carbocycles. The van der Waals surface area contributed by atoms with Crippen molar-refractivity contribution in [1.82, 2.24) is 0 Å². The second-order valence-electron chi connectivity index (χ2n) is 8.38. The van der Waals surface area contributed by atoms with Gasteiger partial charge in [0.15, 0.2) is 0 Å². The molecule has 0 aliphatic carbocycles. The van der Waals surface area contributed by atoms with Gasteiger partial charge in [-0.05, 0) is 23.8 Å². The van der Waals surface area contributed by atoms with E-state index in [1.165, 1.54) is 6.08 Å². The zero-order chi connectivity index (χ0) is 29.0. The standard InChI is InChI=1S/C27H37NO12/c1-28(2)22-5-3-21(4-6-22)19-23-26(31)39-17-13-35-9-7-33-11-15-37-24(29)20-25(30)38-16-12-34-8-10-36-14-18-40-27(23)32/h3-6,19H,7-18,20H2,1-2H3. The second-order valence-corrected chi connectivity index (χ2v) is 8.38. The van der Waals surface area contributed by atoms with Crippen molar-refractivity contribution in [3.05, 3.63) is 35.4 Å². The predicted molar refractivity (Wildman–Crippen MR) is 140 cm³/mol. The lowest BCUT2D eigenvalue weighted by Crippen LogP contribution is -2.22. The predicted octanol–water partition coefficient (Wildman–Crippen LogP) is 0.779. The minimum absolute atomic E-state index is 0.0318. The lowest BCUT2D eigenvalue weighted by molar-refractivity contribution is -0.157. The molecule has 0 saturated carbocycles. The van der Waals surface area contributed by atoms with E-state index < -0.39 is 30.3 Å². The quantitative estimate of drug-likeness (QED) is 0.163. The van der Waals surface area contributed by atoms with Crippen molar-refractivity contribution < 1.29 is 57.1 Å². The van der Waals surface area contributed by atoms with Gasteiger partial charge in [-0.15, -0.1) is 0 Å². The molecule has 0 radical (unpaired) electrons. The third-order valence-corrected chi connectivity index (χ3v) is 5.10. The van der Waals surface area contributed by atoms with Crippen LogP contribution in [-0.2, 0) is 57.1 Å². The van der Waals surface area contributed by atoms with E-state index >= 15 is 0 Å². The molecule has 0 amide bonds. The van der Waals surface area contributed by atoms with E-state index in [0.717, 1.165) is 5.69 Å². The first kappa shape index (κ1) is 32.7. The Bertz CT molecular complexity index is 913. The topological polar surface area (TPSA) is 145 Å². The van der Waals surface area contributed by atoms with Gasteiger partial charge in [-0.2, -0.15) is 0 Å². The van der Waals surface area contributed by atoms with Crippen LogP contribution in [0, 0.1) is 0 Å². The highest BCUT2D eigenvalue weighted by Crippen LogP contribution is 2.16. The van der Waals surface area contributed by atoms with Gasteiger partial charge in [-0.3, -0.25) is 9.59 Å². The molecule has 0 aromatic heterocycles. The van der Waals surface area contributed by atoms with Crippen LogP contribution >= 0.6 is 0 Å². The van der Waals surface area contributed by atoms with Crippen molar-refractivity contribution >= 4 is 35.6 Å². The van der Waals surface area contributed by atoms with E-state index in [4.69, 9.17) is 37.9 Å². The number of hydrogen-bond donors (Lipinski definition) is 0. The summed E-state index contributed by atoms with van der Waals surface area (Å²) in [7, 11) is 3.81. The molecule has 1 aliphatic rings. The maximum atomic E-state index is 12.7. The van der Waals surface area contributed by atoms with Crippen molar-refractivity contribution in [2.45, 2.75) is 6.42 Å². The van der Waals surface area contributed by atoms with Crippen molar-refractivity contribution in [3.8, 4) is 0 Å². The Morgan fingerprint density at radius 3 is 1.32 bits per heavy atom. The molecule has 1 saturated heterocycles. The summed E-state index contributed by atoms with van der Waals surface area (Å²) in [6, 6.07) is 7.25. The Hall–Kier alpha value is -3.52. The molecule has 0 N–H and O–H groups in total. The SMILES string of the molecule is CN(C)c1ccc(C=C2C(=O)OCCOCCOCCOC(=O)CC(=O)OCCOCCOCCOC2=O)cc1. The van der Waals surface area contributed by atoms with Crippen LogP contribution in [0.1, 0.15) is 12.0 Å². The van der Waals surface area contributed by atoms with Gasteiger partial charge in [0.2, 0.25) is 0 Å². The maximum absolute atomic E-state index is 12.7. The number of ether oxygens (including phenoxy) is 8. The average molecular weight is 568 g/mol. The Morgan fingerprint density at radius 1 is 0.550 bits per heavy atom. The monoisotopic (exact) mass is 567 g/mol. The molecule has 0 unspecified atom stereocenters. The van der Waals surface area contributed by atoms with Crippen LogP contribution in [0.5, 0.6) is 0 Å². The number of rotatable bonds is 2. The van der Waals surface area contributed by atoms with Crippen LogP contribution in [0.4, 0.5) is 5.69 Å². The molecule has 222 valence electrons. The van der Waals surface area contributed by atoms with Gasteiger partial charge in [-0.1, -0.05) is 12.1 Å². The zero-order valence-corrected chi connectivity index (χ0v) is 22.9. The van der Waals surface area contributed by atoms with E-state index in [0.29, 0.717) is 5.56 Å². The lowest BCUT2D eigenvalue weighted by Gasteiger charge is -2.13. The number of carbonyl (C=O) groups excluding carboxylic acids is 4. The maximum Gasteiger partial charge on any atom is 0.345 e. The fourth-order valence-electron chi connectivity index (χ4n) is 3.07. The highest BCUT2D eigenvalue weighted by atomic mass is 16.6. The number of carbonyl (C=O) groups is 4. The van der Waals surface area contributed by atoms with Crippen molar-refractivity contribution in [1.29, 1.82) is 0 Å². The molecule has 0 atom stereocenters. The van der Waals surface area contributed by atoms with E-state index in [1.807, 2.05) is 31.1 Å². The minimum atomic E-state index is -0.847. The smallest absolute Gasteiger partial charge is 0.345 e. The van der Waals surface area contributed by atoms with Gasteiger partial charge < -0.3 is 42.8 Å². The van der Waals surface area contributed by atoms with Crippen molar-refractivity contribution in [3.63, 3.8) is 0 Å². The summed E-state index contributed by atoms with van der Waals surface area (Å²) < 4.78 is 41.5. The highest BCUT2D eigenvalue weighted by Gasteiger charge is 2.22. The van der Waals surface area contributed by atoms with Crippen LogP contribution < -0.4 is 4.90 Å². The van der Waals surface area contributed by atoms with Crippen LogP contribution in [0.2, 0.25) is 0 Å². The molecule has 13 heteroatoms. The molecule has 1 aliphatic heterocycles. The number of anilines is 1. The highest BCUT2D eigenvalue weighted by molar-refractivity contribution is 6.17. The third-order valence-electron chi connectivity index (χ3n) is 5.10. The summed E-state index contributed by atoms with van der Waals surface area (Å²) in [5, 5.41) is 0. The molecule has 13 nitrogen and oxygen atoms in total. The summed E-state index contributed by atoms with van der Waals surface area (Å²) in [6.45, 7) is 0.912. The third kappa shape index (κ3) is 14.0. The molecule has 2 rings (SSSR count). The second kappa shape index (κ2) is 19.5. The lowest BCUT2D eigenvalue weighted by atomic mass is 10.1. The summed E-state index contributed by atoms with van der Waals surface area (Å²) in [4.78, 5) is 50.6. The number of cyclic esters (lactones) is 4. The Balaban J connectivity index is 1.93. The minimum Gasteiger partial charge on any atom is -0.463 e. The van der Waals surface area contributed by atoms with Crippen molar-refractivity contribution in [2.24, 2.45) is 0 Å². The average Bonchev–Trinajstić information content (AvgIpc) is 2.93. The number of esters is 4. The zero-order valence-electron chi connectivity index (χ0n) is 22.9. The van der Waals surface area contributed by atoms with Crippen LogP contribution in [-0.4, -0.2) is 117 Å². The van der Waals surface area contributed by atoms with Gasteiger partial charge in [-0.25, -0.2) is 9.59 Å². The molecule has 1 aromatic rings. The largest absolute Gasteiger partial charge is 0.463 e. The molecule has 1 fully saturated rings. The van der Waals surface area contributed by atoms with Crippen LogP contribution in [0.3, 0.4) is 0 Å². The Kier molecular flexibility index (Phi) is 16.0.